The normalized spacial score (nSPS) is 10.7. The van der Waals surface area contributed by atoms with Crippen LogP contribution in [0, 0.1) is 0 Å². The maximum Gasteiger partial charge on any atom is 0.0462 e. The number of benzene rings is 1. The van der Waals surface area contributed by atoms with E-state index in [4.69, 9.17) is 16.3 Å². The molecule has 0 aliphatic rings. The van der Waals surface area contributed by atoms with Gasteiger partial charge in [0.1, 0.15) is 0 Å². The van der Waals surface area contributed by atoms with Gasteiger partial charge in [-0.05, 0) is 37.1 Å². The highest BCUT2D eigenvalue weighted by atomic mass is 79.9. The van der Waals surface area contributed by atoms with Gasteiger partial charge >= 0.3 is 0 Å². The van der Waals surface area contributed by atoms with E-state index in [0.717, 1.165) is 47.6 Å². The summed E-state index contributed by atoms with van der Waals surface area (Å²) in [5.74, 6) is 0. The van der Waals surface area contributed by atoms with E-state index >= 15 is 0 Å². The van der Waals surface area contributed by atoms with Crippen molar-refractivity contribution in [3.63, 3.8) is 0 Å². The fourth-order valence-corrected chi connectivity index (χ4v) is 2.12. The lowest BCUT2D eigenvalue weighted by Gasteiger charge is -2.07. The maximum absolute atomic E-state index is 6.10. The van der Waals surface area contributed by atoms with E-state index in [1.54, 1.807) is 7.11 Å². The predicted molar refractivity (Wildman–Crippen MR) is 72.0 cm³/mol. The summed E-state index contributed by atoms with van der Waals surface area (Å²) in [6, 6.07) is 5.96. The number of ether oxygens (including phenoxy) is 1. The average Bonchev–Trinajstić information content (AvgIpc) is 2.26. The number of methoxy groups -OCH3 is 1. The van der Waals surface area contributed by atoms with Gasteiger partial charge in [0.15, 0.2) is 0 Å². The van der Waals surface area contributed by atoms with Gasteiger partial charge in [-0.15, -0.1) is 0 Å². The summed E-state index contributed by atoms with van der Waals surface area (Å²) in [6.45, 7) is 2.65. The van der Waals surface area contributed by atoms with E-state index in [1.165, 1.54) is 0 Å². The second kappa shape index (κ2) is 8.07. The second-order valence-corrected chi connectivity index (χ2v) is 4.94. The van der Waals surface area contributed by atoms with Crippen molar-refractivity contribution in [3.8, 4) is 0 Å². The van der Waals surface area contributed by atoms with Crippen LogP contribution in [-0.2, 0) is 11.3 Å². The Bertz CT molecular complexity index is 320. The van der Waals surface area contributed by atoms with Crippen LogP contribution in [0.4, 0.5) is 0 Å². The number of hydrogen-bond donors (Lipinski definition) is 1. The Morgan fingerprint density at radius 1 is 1.38 bits per heavy atom. The predicted octanol–water partition coefficient (Wildman–Crippen LogP) is 3.62. The summed E-state index contributed by atoms with van der Waals surface area (Å²) in [5, 5.41) is 4.17. The minimum atomic E-state index is 0.804. The van der Waals surface area contributed by atoms with Gasteiger partial charge in [0.25, 0.3) is 0 Å². The average molecular weight is 307 g/mol. The summed E-state index contributed by atoms with van der Waals surface area (Å²) < 4.78 is 6.00. The summed E-state index contributed by atoms with van der Waals surface area (Å²) in [4.78, 5) is 0. The molecule has 1 aromatic rings. The number of halogens is 2. The number of hydrogen-bond acceptors (Lipinski definition) is 2. The molecule has 2 nitrogen and oxygen atoms in total. The molecule has 0 unspecified atom stereocenters. The molecule has 0 aromatic heterocycles. The Balaban J connectivity index is 2.21. The molecule has 0 aliphatic heterocycles. The molecule has 0 spiro atoms. The topological polar surface area (TPSA) is 21.3 Å². The van der Waals surface area contributed by atoms with Crippen LogP contribution < -0.4 is 5.32 Å². The molecule has 0 saturated carbocycles. The zero-order valence-corrected chi connectivity index (χ0v) is 11.8. The lowest BCUT2D eigenvalue weighted by atomic mass is 10.2. The fraction of sp³-hybridized carbons (Fsp3) is 0.500. The van der Waals surface area contributed by atoms with Crippen LogP contribution in [0.1, 0.15) is 18.4 Å². The van der Waals surface area contributed by atoms with Crippen molar-refractivity contribution < 1.29 is 4.74 Å². The lowest BCUT2D eigenvalue weighted by Crippen LogP contribution is -2.15. The van der Waals surface area contributed by atoms with Crippen LogP contribution in [0.5, 0.6) is 0 Å². The van der Waals surface area contributed by atoms with Gasteiger partial charge in [-0.1, -0.05) is 33.6 Å². The molecule has 0 saturated heterocycles. The Labute approximate surface area is 110 Å². The van der Waals surface area contributed by atoms with E-state index in [1.807, 2.05) is 18.2 Å². The van der Waals surface area contributed by atoms with Crippen molar-refractivity contribution in [3.05, 3.63) is 33.3 Å². The summed E-state index contributed by atoms with van der Waals surface area (Å²) in [5.41, 5.74) is 1.14. The highest BCUT2D eigenvalue weighted by Crippen LogP contribution is 2.21. The van der Waals surface area contributed by atoms with Crippen molar-refractivity contribution >= 4 is 27.5 Å². The third-order valence-electron chi connectivity index (χ3n) is 2.28. The molecule has 0 heterocycles. The van der Waals surface area contributed by atoms with Crippen molar-refractivity contribution in [2.24, 2.45) is 0 Å². The second-order valence-electron chi connectivity index (χ2n) is 3.61. The van der Waals surface area contributed by atoms with Gasteiger partial charge in [0.05, 0.1) is 0 Å². The van der Waals surface area contributed by atoms with E-state index in [-0.39, 0.29) is 0 Å². The fourth-order valence-electron chi connectivity index (χ4n) is 1.38. The minimum Gasteiger partial charge on any atom is -0.385 e. The largest absolute Gasteiger partial charge is 0.385 e. The number of unbranched alkanes of at least 4 members (excludes halogenated alkanes) is 1. The van der Waals surface area contributed by atoms with Crippen LogP contribution in [0.15, 0.2) is 22.7 Å². The van der Waals surface area contributed by atoms with Crippen molar-refractivity contribution in [2.75, 3.05) is 20.3 Å². The molecule has 1 rings (SSSR count). The van der Waals surface area contributed by atoms with Crippen LogP contribution in [0.3, 0.4) is 0 Å². The van der Waals surface area contributed by atoms with E-state index < -0.39 is 0 Å². The standard InChI is InChI=1S/C12H17BrClNO/c1-16-7-3-2-6-15-9-10-4-5-11(13)8-12(10)14/h4-5,8,15H,2-3,6-7,9H2,1H3. The first-order chi connectivity index (χ1) is 7.74. The molecule has 1 aromatic carbocycles. The highest BCUT2D eigenvalue weighted by molar-refractivity contribution is 9.10. The zero-order chi connectivity index (χ0) is 11.8. The van der Waals surface area contributed by atoms with Gasteiger partial charge in [0.2, 0.25) is 0 Å². The van der Waals surface area contributed by atoms with Gasteiger partial charge in [-0.25, -0.2) is 0 Å². The third-order valence-corrected chi connectivity index (χ3v) is 3.13. The Morgan fingerprint density at radius 2 is 2.19 bits per heavy atom. The summed E-state index contributed by atoms with van der Waals surface area (Å²) in [7, 11) is 1.73. The van der Waals surface area contributed by atoms with Crippen molar-refractivity contribution in [1.29, 1.82) is 0 Å². The van der Waals surface area contributed by atoms with E-state index in [2.05, 4.69) is 21.2 Å². The highest BCUT2D eigenvalue weighted by Gasteiger charge is 2.00. The van der Waals surface area contributed by atoms with Gasteiger partial charge in [0, 0.05) is 29.8 Å². The van der Waals surface area contributed by atoms with E-state index in [0.29, 0.717) is 0 Å². The summed E-state index contributed by atoms with van der Waals surface area (Å²) in [6.07, 6.45) is 2.22. The monoisotopic (exact) mass is 305 g/mol. The molecule has 4 heteroatoms. The molecular formula is C12H17BrClNO. The molecule has 0 amide bonds. The van der Waals surface area contributed by atoms with E-state index in [9.17, 15) is 0 Å². The molecule has 0 atom stereocenters. The molecule has 0 radical (unpaired) electrons. The molecule has 0 bridgehead atoms. The van der Waals surface area contributed by atoms with Crippen LogP contribution in [0.2, 0.25) is 5.02 Å². The molecule has 0 aliphatic carbocycles. The SMILES string of the molecule is COCCCCNCc1ccc(Br)cc1Cl. The molecule has 0 fully saturated rings. The van der Waals surface area contributed by atoms with Crippen LogP contribution in [0.25, 0.3) is 0 Å². The molecule has 90 valence electrons. The van der Waals surface area contributed by atoms with Gasteiger partial charge < -0.3 is 10.1 Å². The zero-order valence-electron chi connectivity index (χ0n) is 9.43. The molecule has 16 heavy (non-hydrogen) atoms. The van der Waals surface area contributed by atoms with Gasteiger partial charge in [-0.3, -0.25) is 0 Å². The van der Waals surface area contributed by atoms with Crippen LogP contribution in [-0.4, -0.2) is 20.3 Å². The Morgan fingerprint density at radius 3 is 2.88 bits per heavy atom. The lowest BCUT2D eigenvalue weighted by molar-refractivity contribution is 0.192. The third kappa shape index (κ3) is 5.30. The summed E-state index contributed by atoms with van der Waals surface area (Å²) >= 11 is 9.49. The number of rotatable bonds is 7. The first-order valence-corrected chi connectivity index (χ1v) is 6.54. The first kappa shape index (κ1) is 14.0. The number of nitrogens with one attached hydrogen (secondary N) is 1. The Hall–Kier alpha value is -0.0900. The van der Waals surface area contributed by atoms with Gasteiger partial charge in [-0.2, -0.15) is 0 Å². The van der Waals surface area contributed by atoms with Crippen molar-refractivity contribution in [2.45, 2.75) is 19.4 Å². The molecular weight excluding hydrogens is 289 g/mol. The smallest absolute Gasteiger partial charge is 0.0462 e. The van der Waals surface area contributed by atoms with Crippen molar-refractivity contribution in [1.82, 2.24) is 5.32 Å². The maximum atomic E-state index is 6.10. The quantitative estimate of drug-likeness (QED) is 0.777. The molecule has 1 N–H and O–H groups in total. The first-order valence-electron chi connectivity index (χ1n) is 5.37. The minimum absolute atomic E-state index is 0.804. The van der Waals surface area contributed by atoms with Crippen LogP contribution >= 0.6 is 27.5 Å². The Kier molecular flexibility index (Phi) is 7.05.